The van der Waals surface area contributed by atoms with Gasteiger partial charge in [-0.25, -0.2) is 4.39 Å². The second kappa shape index (κ2) is 9.59. The molecule has 1 aromatic heterocycles. The van der Waals surface area contributed by atoms with E-state index in [1.54, 1.807) is 24.3 Å². The van der Waals surface area contributed by atoms with E-state index in [4.69, 9.17) is 9.15 Å². The largest absolute Gasteiger partial charge is 0.486 e. The Balaban J connectivity index is 0.00000243. The van der Waals surface area contributed by atoms with Crippen molar-refractivity contribution in [3.05, 3.63) is 53.7 Å². The molecule has 2 aromatic rings. The fraction of sp³-hybridized carbons (Fsp3) is 0.421. The Labute approximate surface area is 158 Å². The third-order valence-corrected chi connectivity index (χ3v) is 4.27. The molecule has 5 nitrogen and oxygen atoms in total. The molecular formula is C19H24ClFN2O3. The number of nitrogens with one attached hydrogen (secondary N) is 1. The monoisotopic (exact) mass is 382 g/mol. The van der Waals surface area contributed by atoms with Crippen LogP contribution >= 0.6 is 12.4 Å². The average molecular weight is 383 g/mol. The molecule has 26 heavy (non-hydrogen) atoms. The summed E-state index contributed by atoms with van der Waals surface area (Å²) in [4.78, 5) is 14.7. The number of ether oxygens (including phenoxy) is 1. The number of hydrogen-bond donors (Lipinski definition) is 1. The highest BCUT2D eigenvalue weighted by Gasteiger charge is 2.28. The molecule has 1 amide bonds. The predicted octanol–water partition coefficient (Wildman–Crippen LogP) is 3.63. The third-order valence-electron chi connectivity index (χ3n) is 4.27. The number of carbonyl (C=O) groups is 1. The van der Waals surface area contributed by atoms with Crippen LogP contribution in [0.3, 0.4) is 0 Å². The Bertz CT molecular complexity index is 699. The van der Waals surface area contributed by atoms with Crippen molar-refractivity contribution < 1.29 is 18.3 Å². The van der Waals surface area contributed by atoms with E-state index in [0.29, 0.717) is 23.8 Å². The van der Waals surface area contributed by atoms with Crippen molar-refractivity contribution in [1.29, 1.82) is 0 Å². The van der Waals surface area contributed by atoms with Gasteiger partial charge in [0.25, 0.3) is 5.91 Å². The standard InChI is InChI=1S/C19H23FN2O3.ClH/c1-2-11-22(15-9-10-21-12-15)19(23)18-8-7-17(25-18)13-24-16-5-3-14(20)4-6-16;/h3-8,15,21H,2,9-13H2,1H3;1H. The Morgan fingerprint density at radius 2 is 2.08 bits per heavy atom. The van der Waals surface area contributed by atoms with Crippen molar-refractivity contribution >= 4 is 18.3 Å². The van der Waals surface area contributed by atoms with Crippen molar-refractivity contribution in [3.8, 4) is 5.75 Å². The smallest absolute Gasteiger partial charge is 0.289 e. The molecule has 0 aliphatic carbocycles. The van der Waals surface area contributed by atoms with Crippen molar-refractivity contribution in [2.45, 2.75) is 32.4 Å². The first-order valence-electron chi connectivity index (χ1n) is 8.66. The number of halogens is 2. The van der Waals surface area contributed by atoms with E-state index in [-0.39, 0.29) is 36.8 Å². The van der Waals surface area contributed by atoms with Crippen LogP contribution in [-0.2, 0) is 6.61 Å². The molecule has 142 valence electrons. The van der Waals surface area contributed by atoms with Crippen molar-refractivity contribution in [2.75, 3.05) is 19.6 Å². The molecule has 0 saturated carbocycles. The van der Waals surface area contributed by atoms with Crippen LogP contribution in [0, 0.1) is 5.82 Å². The van der Waals surface area contributed by atoms with E-state index in [1.807, 2.05) is 4.90 Å². The maximum Gasteiger partial charge on any atom is 0.289 e. The van der Waals surface area contributed by atoms with Gasteiger partial charge in [-0.2, -0.15) is 0 Å². The molecule has 1 aromatic carbocycles. The van der Waals surface area contributed by atoms with Gasteiger partial charge in [0.1, 0.15) is 23.9 Å². The van der Waals surface area contributed by atoms with Crippen molar-refractivity contribution in [2.24, 2.45) is 0 Å². The number of amides is 1. The van der Waals surface area contributed by atoms with Crippen LogP contribution < -0.4 is 10.1 Å². The van der Waals surface area contributed by atoms with Crippen molar-refractivity contribution in [1.82, 2.24) is 10.2 Å². The molecule has 0 radical (unpaired) electrons. The SMILES string of the molecule is CCCN(C(=O)c1ccc(COc2ccc(F)cc2)o1)C1CCNC1.Cl. The first-order valence-corrected chi connectivity index (χ1v) is 8.66. The van der Waals surface area contributed by atoms with E-state index in [2.05, 4.69) is 12.2 Å². The van der Waals surface area contributed by atoms with Gasteiger partial charge >= 0.3 is 0 Å². The van der Waals surface area contributed by atoms with Crippen LogP contribution in [0.1, 0.15) is 36.1 Å². The van der Waals surface area contributed by atoms with E-state index in [0.717, 1.165) is 25.9 Å². The van der Waals surface area contributed by atoms with Crippen LogP contribution in [0.4, 0.5) is 4.39 Å². The topological polar surface area (TPSA) is 54.7 Å². The normalized spacial score (nSPS) is 16.2. The van der Waals surface area contributed by atoms with E-state index < -0.39 is 0 Å². The predicted molar refractivity (Wildman–Crippen MR) is 99.3 cm³/mol. The van der Waals surface area contributed by atoms with Gasteiger partial charge in [-0.3, -0.25) is 4.79 Å². The zero-order valence-corrected chi connectivity index (χ0v) is 15.6. The van der Waals surface area contributed by atoms with E-state index >= 15 is 0 Å². The number of rotatable bonds is 7. The minimum atomic E-state index is -0.310. The van der Waals surface area contributed by atoms with Gasteiger partial charge in [-0.1, -0.05) is 6.92 Å². The van der Waals surface area contributed by atoms with Gasteiger partial charge in [0, 0.05) is 19.1 Å². The van der Waals surface area contributed by atoms with Crippen LogP contribution in [0.5, 0.6) is 5.75 Å². The number of furan rings is 1. The van der Waals surface area contributed by atoms with Gasteiger partial charge < -0.3 is 19.4 Å². The van der Waals surface area contributed by atoms with Crippen molar-refractivity contribution in [3.63, 3.8) is 0 Å². The van der Waals surface area contributed by atoms with Crippen LogP contribution in [0.25, 0.3) is 0 Å². The molecule has 1 saturated heterocycles. The van der Waals surface area contributed by atoms with Crippen LogP contribution in [0.2, 0.25) is 0 Å². The highest BCUT2D eigenvalue weighted by molar-refractivity contribution is 5.91. The average Bonchev–Trinajstić information content (AvgIpc) is 3.30. The molecule has 1 fully saturated rings. The molecule has 1 atom stereocenters. The molecule has 3 rings (SSSR count). The molecule has 1 N–H and O–H groups in total. The molecule has 7 heteroatoms. The highest BCUT2D eigenvalue weighted by atomic mass is 35.5. The second-order valence-electron chi connectivity index (χ2n) is 6.15. The van der Waals surface area contributed by atoms with Gasteiger partial charge in [0.15, 0.2) is 5.76 Å². The van der Waals surface area contributed by atoms with Gasteiger partial charge in [0.2, 0.25) is 0 Å². The zero-order chi connectivity index (χ0) is 17.6. The third kappa shape index (κ3) is 4.99. The fourth-order valence-corrected chi connectivity index (χ4v) is 2.99. The number of benzene rings is 1. The lowest BCUT2D eigenvalue weighted by Crippen LogP contribution is -2.41. The minimum Gasteiger partial charge on any atom is -0.486 e. The Morgan fingerprint density at radius 1 is 1.31 bits per heavy atom. The number of hydrogen-bond acceptors (Lipinski definition) is 4. The summed E-state index contributed by atoms with van der Waals surface area (Å²) in [6.07, 6.45) is 1.87. The van der Waals surface area contributed by atoms with E-state index in [1.165, 1.54) is 12.1 Å². The summed E-state index contributed by atoms with van der Waals surface area (Å²) in [6, 6.07) is 9.44. The lowest BCUT2D eigenvalue weighted by atomic mass is 10.2. The van der Waals surface area contributed by atoms with Gasteiger partial charge in [-0.05, 0) is 55.8 Å². The van der Waals surface area contributed by atoms with Crippen LogP contribution in [-0.4, -0.2) is 36.5 Å². The first kappa shape index (κ1) is 20.3. The Hall–Kier alpha value is -2.05. The molecule has 0 spiro atoms. The Morgan fingerprint density at radius 3 is 2.73 bits per heavy atom. The molecule has 1 unspecified atom stereocenters. The summed E-state index contributed by atoms with van der Waals surface area (Å²) in [6.45, 7) is 4.73. The highest BCUT2D eigenvalue weighted by Crippen LogP contribution is 2.18. The lowest BCUT2D eigenvalue weighted by Gasteiger charge is -2.27. The quantitative estimate of drug-likeness (QED) is 0.794. The number of nitrogens with zero attached hydrogens (tertiary/aromatic N) is 1. The molecule has 2 heterocycles. The summed E-state index contributed by atoms with van der Waals surface area (Å²) in [5, 5.41) is 3.29. The maximum atomic E-state index is 12.9. The number of carbonyl (C=O) groups excluding carboxylic acids is 1. The summed E-state index contributed by atoms with van der Waals surface area (Å²) < 4.78 is 24.1. The van der Waals surface area contributed by atoms with Gasteiger partial charge in [0.05, 0.1) is 0 Å². The molecule has 1 aliphatic rings. The van der Waals surface area contributed by atoms with E-state index in [9.17, 15) is 9.18 Å². The van der Waals surface area contributed by atoms with Gasteiger partial charge in [-0.15, -0.1) is 12.4 Å². The molecular weight excluding hydrogens is 359 g/mol. The summed E-state index contributed by atoms with van der Waals surface area (Å²) in [5.41, 5.74) is 0. The second-order valence-corrected chi connectivity index (χ2v) is 6.15. The molecule has 0 bridgehead atoms. The minimum absolute atomic E-state index is 0. The maximum absolute atomic E-state index is 12.9. The Kier molecular flexibility index (Phi) is 7.48. The summed E-state index contributed by atoms with van der Waals surface area (Å²) >= 11 is 0. The molecule has 1 aliphatic heterocycles. The lowest BCUT2D eigenvalue weighted by molar-refractivity contribution is 0.0655. The zero-order valence-electron chi connectivity index (χ0n) is 14.7. The summed E-state index contributed by atoms with van der Waals surface area (Å²) in [7, 11) is 0. The summed E-state index contributed by atoms with van der Waals surface area (Å²) in [5.74, 6) is 1.06. The van der Waals surface area contributed by atoms with Crippen LogP contribution in [0.15, 0.2) is 40.8 Å². The first-order chi connectivity index (χ1) is 12.2. The fourth-order valence-electron chi connectivity index (χ4n) is 2.99.